The fraction of sp³-hybridized carbons (Fsp3) is 0.250. The molecule has 0 spiro atoms. The maximum atomic E-state index is 12.8. The number of hydrogen-bond acceptors (Lipinski definition) is 2. The highest BCUT2D eigenvalue weighted by Gasteiger charge is 2.17. The normalized spacial score (nSPS) is 13.9. The molecule has 19 heavy (non-hydrogen) atoms. The smallest absolute Gasteiger partial charge is 0.126 e. The highest BCUT2D eigenvalue weighted by molar-refractivity contribution is 5.25. The van der Waals surface area contributed by atoms with E-state index in [0.717, 1.165) is 11.1 Å². The van der Waals surface area contributed by atoms with Crippen molar-refractivity contribution in [2.24, 2.45) is 0 Å². The summed E-state index contributed by atoms with van der Waals surface area (Å²) in [6.07, 6.45) is -1.13. The summed E-state index contributed by atoms with van der Waals surface area (Å²) < 4.78 is 18.4. The molecule has 0 radical (unpaired) electrons. The Bertz CT molecular complexity index is 519. The first kappa shape index (κ1) is 13.6. The Labute approximate surface area is 112 Å². The van der Waals surface area contributed by atoms with E-state index in [1.54, 1.807) is 19.1 Å². The quantitative estimate of drug-likeness (QED) is 0.909. The molecule has 2 nitrogen and oxygen atoms in total. The van der Waals surface area contributed by atoms with Crippen LogP contribution in [0.4, 0.5) is 4.39 Å². The van der Waals surface area contributed by atoms with E-state index in [0.29, 0.717) is 5.75 Å². The topological polar surface area (TPSA) is 29.5 Å². The van der Waals surface area contributed by atoms with Crippen LogP contribution >= 0.6 is 0 Å². The zero-order valence-corrected chi connectivity index (χ0v) is 11.0. The maximum Gasteiger partial charge on any atom is 0.126 e. The monoisotopic (exact) mass is 260 g/mol. The minimum atomic E-state index is -0.717. The summed E-state index contributed by atoms with van der Waals surface area (Å²) >= 11 is 0. The van der Waals surface area contributed by atoms with Gasteiger partial charge in [0, 0.05) is 0 Å². The molecule has 100 valence electrons. The molecule has 0 saturated carbocycles. The third-order valence-electron chi connectivity index (χ3n) is 3.00. The molecule has 2 rings (SSSR count). The number of halogens is 1. The summed E-state index contributed by atoms with van der Waals surface area (Å²) in [5.41, 5.74) is 1.95. The van der Waals surface area contributed by atoms with Gasteiger partial charge in [0.05, 0.1) is 0 Å². The molecule has 0 amide bonds. The summed E-state index contributed by atoms with van der Waals surface area (Å²) in [5, 5.41) is 10.2. The van der Waals surface area contributed by atoms with Crippen LogP contribution < -0.4 is 4.74 Å². The largest absolute Gasteiger partial charge is 0.488 e. The molecule has 2 aromatic rings. The van der Waals surface area contributed by atoms with Crippen molar-refractivity contribution in [3.05, 3.63) is 65.5 Å². The lowest BCUT2D eigenvalue weighted by Gasteiger charge is -2.21. The van der Waals surface area contributed by atoms with E-state index in [2.05, 4.69) is 0 Å². The molecule has 2 aromatic carbocycles. The molecule has 1 N–H and O–H groups in total. The summed E-state index contributed by atoms with van der Waals surface area (Å²) in [4.78, 5) is 0. The van der Waals surface area contributed by atoms with Gasteiger partial charge >= 0.3 is 0 Å². The van der Waals surface area contributed by atoms with Gasteiger partial charge in [-0.3, -0.25) is 0 Å². The van der Waals surface area contributed by atoms with Crippen molar-refractivity contribution in [1.82, 2.24) is 0 Å². The predicted molar refractivity (Wildman–Crippen MR) is 72.6 cm³/mol. The van der Waals surface area contributed by atoms with E-state index in [1.807, 2.05) is 31.2 Å². The van der Waals surface area contributed by atoms with Crippen molar-refractivity contribution < 1.29 is 14.2 Å². The molecule has 0 bridgehead atoms. The SMILES string of the molecule is Cc1ccc(C(O)C(C)Oc2ccc(F)cc2)cc1. The van der Waals surface area contributed by atoms with Crippen LogP contribution in [-0.4, -0.2) is 11.2 Å². The number of aliphatic hydroxyl groups is 1. The van der Waals surface area contributed by atoms with Gasteiger partial charge in [0.1, 0.15) is 23.8 Å². The lowest BCUT2D eigenvalue weighted by Crippen LogP contribution is -2.21. The molecule has 2 unspecified atom stereocenters. The first-order valence-electron chi connectivity index (χ1n) is 6.23. The van der Waals surface area contributed by atoms with Crippen LogP contribution in [0.15, 0.2) is 48.5 Å². The summed E-state index contributed by atoms with van der Waals surface area (Å²) in [6.45, 7) is 3.78. The van der Waals surface area contributed by atoms with Gasteiger partial charge in [0.2, 0.25) is 0 Å². The summed E-state index contributed by atoms with van der Waals surface area (Å²) in [5.74, 6) is 0.235. The van der Waals surface area contributed by atoms with Crippen molar-refractivity contribution in [2.45, 2.75) is 26.1 Å². The number of ether oxygens (including phenoxy) is 1. The predicted octanol–water partition coefficient (Wildman–Crippen LogP) is 3.64. The second-order valence-corrected chi connectivity index (χ2v) is 4.63. The molecule has 0 heterocycles. The van der Waals surface area contributed by atoms with Crippen molar-refractivity contribution in [3.8, 4) is 5.75 Å². The molecule has 0 aliphatic rings. The van der Waals surface area contributed by atoms with Crippen molar-refractivity contribution in [3.63, 3.8) is 0 Å². The number of aryl methyl sites for hydroxylation is 1. The maximum absolute atomic E-state index is 12.8. The number of benzene rings is 2. The van der Waals surface area contributed by atoms with Crippen LogP contribution in [0.2, 0.25) is 0 Å². The van der Waals surface area contributed by atoms with E-state index in [-0.39, 0.29) is 5.82 Å². The van der Waals surface area contributed by atoms with Crippen molar-refractivity contribution >= 4 is 0 Å². The van der Waals surface area contributed by atoms with Gasteiger partial charge in [-0.05, 0) is 43.7 Å². The van der Waals surface area contributed by atoms with Gasteiger partial charge in [-0.2, -0.15) is 0 Å². The minimum absolute atomic E-state index is 0.306. The highest BCUT2D eigenvalue weighted by atomic mass is 19.1. The zero-order chi connectivity index (χ0) is 13.8. The Morgan fingerprint density at radius 2 is 1.58 bits per heavy atom. The number of hydrogen-bond donors (Lipinski definition) is 1. The molecule has 0 aliphatic heterocycles. The molecule has 0 aromatic heterocycles. The molecule has 0 saturated heterocycles. The van der Waals surface area contributed by atoms with E-state index < -0.39 is 12.2 Å². The first-order valence-corrected chi connectivity index (χ1v) is 6.23. The molecule has 0 fully saturated rings. The fourth-order valence-electron chi connectivity index (χ4n) is 1.83. The van der Waals surface area contributed by atoms with Crippen LogP contribution in [0.25, 0.3) is 0 Å². The number of aliphatic hydroxyl groups excluding tert-OH is 1. The van der Waals surface area contributed by atoms with Gasteiger partial charge in [0.15, 0.2) is 0 Å². The number of rotatable bonds is 4. The van der Waals surface area contributed by atoms with Crippen molar-refractivity contribution in [2.75, 3.05) is 0 Å². The molecular formula is C16H17FO2. The Morgan fingerprint density at radius 1 is 1.00 bits per heavy atom. The molecular weight excluding hydrogens is 243 g/mol. The summed E-state index contributed by atoms with van der Waals surface area (Å²) in [7, 11) is 0. The van der Waals surface area contributed by atoms with Gasteiger partial charge in [-0.25, -0.2) is 4.39 Å². The van der Waals surface area contributed by atoms with Crippen molar-refractivity contribution in [1.29, 1.82) is 0 Å². The summed E-state index contributed by atoms with van der Waals surface area (Å²) in [6, 6.07) is 13.4. The fourth-order valence-corrected chi connectivity index (χ4v) is 1.83. The van der Waals surface area contributed by atoms with Crippen LogP contribution in [-0.2, 0) is 0 Å². The van der Waals surface area contributed by atoms with Crippen LogP contribution in [0.5, 0.6) is 5.75 Å². The third-order valence-corrected chi connectivity index (χ3v) is 3.00. The van der Waals surface area contributed by atoms with Crippen LogP contribution in [0.1, 0.15) is 24.2 Å². The van der Waals surface area contributed by atoms with E-state index in [4.69, 9.17) is 4.74 Å². The Kier molecular flexibility index (Phi) is 4.17. The van der Waals surface area contributed by atoms with Gasteiger partial charge in [-0.15, -0.1) is 0 Å². The van der Waals surface area contributed by atoms with Gasteiger partial charge < -0.3 is 9.84 Å². The Hall–Kier alpha value is -1.87. The van der Waals surface area contributed by atoms with E-state index in [1.165, 1.54) is 12.1 Å². The second-order valence-electron chi connectivity index (χ2n) is 4.63. The third kappa shape index (κ3) is 3.55. The first-order chi connectivity index (χ1) is 9.06. The van der Waals surface area contributed by atoms with Gasteiger partial charge in [-0.1, -0.05) is 29.8 Å². The average molecular weight is 260 g/mol. The molecule has 2 atom stereocenters. The van der Waals surface area contributed by atoms with Crippen LogP contribution in [0.3, 0.4) is 0 Å². The lowest BCUT2D eigenvalue weighted by molar-refractivity contribution is 0.0467. The lowest BCUT2D eigenvalue weighted by atomic mass is 10.0. The zero-order valence-electron chi connectivity index (χ0n) is 11.0. The average Bonchev–Trinajstić information content (AvgIpc) is 2.41. The molecule has 3 heteroatoms. The highest BCUT2D eigenvalue weighted by Crippen LogP contribution is 2.22. The Morgan fingerprint density at radius 3 is 2.16 bits per heavy atom. The second kappa shape index (κ2) is 5.85. The molecule has 0 aliphatic carbocycles. The Balaban J connectivity index is 2.04. The van der Waals surface area contributed by atoms with Gasteiger partial charge in [0.25, 0.3) is 0 Å². The standard InChI is InChI=1S/C16H17FO2/c1-11-3-5-13(6-4-11)16(18)12(2)19-15-9-7-14(17)8-10-15/h3-10,12,16,18H,1-2H3. The van der Waals surface area contributed by atoms with E-state index >= 15 is 0 Å². The minimum Gasteiger partial charge on any atom is -0.488 e. The van der Waals surface area contributed by atoms with Crippen LogP contribution in [0, 0.1) is 12.7 Å². The van der Waals surface area contributed by atoms with E-state index in [9.17, 15) is 9.50 Å².